The number of nitrogen functional groups attached to an aromatic ring is 1. The monoisotopic (exact) mass is 168 g/mol. The van der Waals surface area contributed by atoms with Gasteiger partial charge < -0.3 is 5.73 Å². The fraction of sp³-hybridized carbons (Fsp3) is 0.333. The van der Waals surface area contributed by atoms with Gasteiger partial charge in [0, 0.05) is 5.56 Å². The van der Waals surface area contributed by atoms with Gasteiger partial charge in [-0.05, 0) is 6.26 Å². The molecule has 1 aromatic heterocycles. The Hall–Kier alpha value is -1.15. The summed E-state index contributed by atoms with van der Waals surface area (Å²) >= 11 is 1.51. The van der Waals surface area contributed by atoms with Crippen molar-refractivity contribution < 1.29 is 0 Å². The number of aromatic nitrogens is 2. The first-order valence-electron chi connectivity index (χ1n) is 3.03. The summed E-state index contributed by atoms with van der Waals surface area (Å²) in [6.45, 7) is 0. The SMILES string of the molecule is CSc1[nH]nc(N)c1CC#N. The molecule has 0 unspecified atom stereocenters. The van der Waals surface area contributed by atoms with E-state index >= 15 is 0 Å². The van der Waals surface area contributed by atoms with Gasteiger partial charge in [-0.15, -0.1) is 11.8 Å². The number of aromatic amines is 1. The molecular formula is C6H8N4S. The van der Waals surface area contributed by atoms with E-state index in [2.05, 4.69) is 10.2 Å². The van der Waals surface area contributed by atoms with E-state index in [0.29, 0.717) is 12.2 Å². The third-order valence-electron chi connectivity index (χ3n) is 1.32. The first kappa shape index (κ1) is 7.95. The van der Waals surface area contributed by atoms with Gasteiger partial charge >= 0.3 is 0 Å². The number of rotatable bonds is 2. The molecule has 58 valence electrons. The molecule has 0 saturated heterocycles. The minimum Gasteiger partial charge on any atom is -0.382 e. The Morgan fingerprint density at radius 2 is 2.55 bits per heavy atom. The molecule has 1 aromatic rings. The van der Waals surface area contributed by atoms with Crippen LogP contribution in [0.5, 0.6) is 0 Å². The maximum absolute atomic E-state index is 8.43. The maximum Gasteiger partial charge on any atom is 0.150 e. The van der Waals surface area contributed by atoms with Gasteiger partial charge in [0.2, 0.25) is 0 Å². The molecule has 0 amide bonds. The third-order valence-corrected chi connectivity index (χ3v) is 2.07. The smallest absolute Gasteiger partial charge is 0.150 e. The van der Waals surface area contributed by atoms with Crippen LogP contribution in [0.25, 0.3) is 0 Å². The molecule has 0 fully saturated rings. The molecule has 0 atom stereocenters. The van der Waals surface area contributed by atoms with Crippen LogP contribution in [-0.4, -0.2) is 16.5 Å². The molecule has 0 aliphatic heterocycles. The fourth-order valence-electron chi connectivity index (χ4n) is 0.781. The standard InChI is InChI=1S/C6H8N4S/c1-11-6-4(2-3-7)5(8)9-10-6/h2H2,1H3,(H3,8,9,10). The van der Waals surface area contributed by atoms with Crippen molar-refractivity contribution in [1.29, 1.82) is 5.26 Å². The second kappa shape index (κ2) is 3.30. The molecule has 1 rings (SSSR count). The quantitative estimate of drug-likeness (QED) is 0.639. The molecule has 0 spiro atoms. The predicted octanol–water partition coefficient (Wildman–Crippen LogP) is 0.780. The zero-order chi connectivity index (χ0) is 8.27. The summed E-state index contributed by atoms with van der Waals surface area (Å²) in [5.41, 5.74) is 6.30. The number of nitrogens with two attached hydrogens (primary N) is 1. The Morgan fingerprint density at radius 1 is 1.82 bits per heavy atom. The topological polar surface area (TPSA) is 78.5 Å². The molecule has 1 heterocycles. The van der Waals surface area contributed by atoms with E-state index in [1.54, 1.807) is 0 Å². The molecule has 5 heteroatoms. The first-order chi connectivity index (χ1) is 5.29. The van der Waals surface area contributed by atoms with Gasteiger partial charge in [-0.1, -0.05) is 0 Å². The Morgan fingerprint density at radius 3 is 3.09 bits per heavy atom. The molecule has 0 aromatic carbocycles. The highest BCUT2D eigenvalue weighted by Gasteiger charge is 2.08. The molecule has 0 bridgehead atoms. The van der Waals surface area contributed by atoms with E-state index in [1.165, 1.54) is 11.8 Å². The Bertz CT molecular complexity index is 285. The van der Waals surface area contributed by atoms with Gasteiger partial charge in [-0.3, -0.25) is 5.10 Å². The normalized spacial score (nSPS) is 9.45. The molecule has 0 aliphatic carbocycles. The van der Waals surface area contributed by atoms with Crippen LogP contribution in [0.4, 0.5) is 5.82 Å². The number of nitriles is 1. The summed E-state index contributed by atoms with van der Waals surface area (Å²) in [4.78, 5) is 0. The molecule has 4 nitrogen and oxygen atoms in total. The molecular weight excluding hydrogens is 160 g/mol. The first-order valence-corrected chi connectivity index (χ1v) is 4.25. The average Bonchev–Trinajstić information content (AvgIpc) is 2.34. The van der Waals surface area contributed by atoms with Crippen LogP contribution < -0.4 is 5.73 Å². The number of nitrogens with zero attached hydrogens (tertiary/aromatic N) is 2. The van der Waals surface area contributed by atoms with Gasteiger partial charge in [0.15, 0.2) is 5.82 Å². The van der Waals surface area contributed by atoms with Crippen molar-refractivity contribution in [2.24, 2.45) is 0 Å². The van der Waals surface area contributed by atoms with Gasteiger partial charge in [-0.25, -0.2) is 0 Å². The van der Waals surface area contributed by atoms with Gasteiger partial charge in [-0.2, -0.15) is 10.4 Å². The van der Waals surface area contributed by atoms with Gasteiger partial charge in [0.05, 0.1) is 17.5 Å². The largest absolute Gasteiger partial charge is 0.382 e. The van der Waals surface area contributed by atoms with E-state index in [9.17, 15) is 0 Å². The second-order valence-electron chi connectivity index (χ2n) is 1.96. The molecule has 3 N–H and O–H groups in total. The molecule has 0 radical (unpaired) electrons. The van der Waals surface area contributed by atoms with Crippen molar-refractivity contribution in [3.63, 3.8) is 0 Å². The molecule has 11 heavy (non-hydrogen) atoms. The van der Waals surface area contributed by atoms with Crippen LogP contribution in [-0.2, 0) is 6.42 Å². The van der Waals surface area contributed by atoms with E-state index in [4.69, 9.17) is 11.0 Å². The van der Waals surface area contributed by atoms with Crippen molar-refractivity contribution in [2.45, 2.75) is 11.4 Å². The van der Waals surface area contributed by atoms with E-state index < -0.39 is 0 Å². The Balaban J connectivity index is 2.99. The lowest BCUT2D eigenvalue weighted by molar-refractivity contribution is 0.997. The average molecular weight is 168 g/mol. The summed E-state index contributed by atoms with van der Waals surface area (Å²) in [7, 11) is 0. The number of hydrogen-bond donors (Lipinski definition) is 2. The highest BCUT2D eigenvalue weighted by molar-refractivity contribution is 7.98. The third kappa shape index (κ3) is 1.46. The van der Waals surface area contributed by atoms with Gasteiger partial charge in [0.25, 0.3) is 0 Å². The van der Waals surface area contributed by atoms with E-state index in [1.807, 2.05) is 12.3 Å². The van der Waals surface area contributed by atoms with Crippen molar-refractivity contribution in [2.75, 3.05) is 12.0 Å². The zero-order valence-corrected chi connectivity index (χ0v) is 6.90. The lowest BCUT2D eigenvalue weighted by Gasteiger charge is -1.92. The van der Waals surface area contributed by atoms with Crippen LogP contribution in [0.3, 0.4) is 0 Å². The Labute approximate surface area is 68.8 Å². The number of H-pyrrole nitrogens is 1. The summed E-state index contributed by atoms with van der Waals surface area (Å²) in [6.07, 6.45) is 2.23. The Kier molecular flexibility index (Phi) is 2.39. The fourth-order valence-corrected chi connectivity index (χ4v) is 1.34. The number of thioether (sulfide) groups is 1. The van der Waals surface area contributed by atoms with Gasteiger partial charge in [0.1, 0.15) is 0 Å². The van der Waals surface area contributed by atoms with Crippen LogP contribution in [0.2, 0.25) is 0 Å². The lowest BCUT2D eigenvalue weighted by Crippen LogP contribution is -1.90. The minimum atomic E-state index is 0.318. The molecule has 0 aliphatic rings. The summed E-state index contributed by atoms with van der Waals surface area (Å²) in [6, 6.07) is 2.03. The van der Waals surface area contributed by atoms with Crippen LogP contribution in [0, 0.1) is 11.3 Å². The molecule has 0 saturated carbocycles. The number of anilines is 1. The van der Waals surface area contributed by atoms with Crippen molar-refractivity contribution in [1.82, 2.24) is 10.2 Å². The van der Waals surface area contributed by atoms with E-state index in [-0.39, 0.29) is 0 Å². The van der Waals surface area contributed by atoms with Crippen molar-refractivity contribution >= 4 is 17.6 Å². The van der Waals surface area contributed by atoms with Crippen LogP contribution in [0.1, 0.15) is 5.56 Å². The van der Waals surface area contributed by atoms with Crippen molar-refractivity contribution in [3.05, 3.63) is 5.56 Å². The lowest BCUT2D eigenvalue weighted by atomic mass is 10.2. The van der Waals surface area contributed by atoms with E-state index in [0.717, 1.165) is 10.6 Å². The number of nitrogens with one attached hydrogen (secondary N) is 1. The summed E-state index contributed by atoms with van der Waals surface area (Å²) in [5, 5.41) is 15.8. The minimum absolute atomic E-state index is 0.318. The van der Waals surface area contributed by atoms with Crippen LogP contribution in [0.15, 0.2) is 5.03 Å². The van der Waals surface area contributed by atoms with Crippen molar-refractivity contribution in [3.8, 4) is 6.07 Å². The second-order valence-corrected chi connectivity index (χ2v) is 2.77. The maximum atomic E-state index is 8.43. The highest BCUT2D eigenvalue weighted by Crippen LogP contribution is 2.21. The highest BCUT2D eigenvalue weighted by atomic mass is 32.2. The zero-order valence-electron chi connectivity index (χ0n) is 6.09. The predicted molar refractivity (Wildman–Crippen MR) is 44.1 cm³/mol. The summed E-state index contributed by atoms with van der Waals surface area (Å²) < 4.78 is 0. The van der Waals surface area contributed by atoms with Crippen LogP contribution >= 0.6 is 11.8 Å². The number of hydrogen-bond acceptors (Lipinski definition) is 4. The summed E-state index contributed by atoms with van der Waals surface area (Å²) in [5.74, 6) is 0.427.